The van der Waals surface area contributed by atoms with Gasteiger partial charge in [0.05, 0.1) is 27.8 Å². The predicted molar refractivity (Wildman–Crippen MR) is 82.9 cm³/mol. The molecule has 3 aromatic rings. The third-order valence-corrected chi connectivity index (χ3v) is 3.16. The van der Waals surface area contributed by atoms with Gasteiger partial charge in [-0.15, -0.1) is 0 Å². The molecule has 114 valence electrons. The zero-order chi connectivity index (χ0) is 16.4. The van der Waals surface area contributed by atoms with Crippen molar-refractivity contribution >= 4 is 22.7 Å². The Bertz CT molecular complexity index is 924. The number of nitro benzene ring substituents is 1. The number of aromatic nitrogens is 2. The molecule has 0 spiro atoms. The molecule has 0 saturated heterocycles. The Morgan fingerprint density at radius 2 is 1.87 bits per heavy atom. The van der Waals surface area contributed by atoms with Gasteiger partial charge < -0.3 is 4.74 Å². The van der Waals surface area contributed by atoms with Crippen LogP contribution >= 0.6 is 0 Å². The van der Waals surface area contributed by atoms with E-state index < -0.39 is 10.9 Å². The summed E-state index contributed by atoms with van der Waals surface area (Å²) in [4.78, 5) is 30.7. The van der Waals surface area contributed by atoms with Crippen LogP contribution in [0, 0.1) is 10.1 Å². The second kappa shape index (κ2) is 5.80. The minimum absolute atomic E-state index is 0.0799. The first-order chi connectivity index (χ1) is 11.1. The maximum absolute atomic E-state index is 11.3. The molecule has 0 aliphatic heterocycles. The lowest BCUT2D eigenvalue weighted by molar-refractivity contribution is -0.384. The Balaban J connectivity index is 2.26. The average Bonchev–Trinajstić information content (AvgIpc) is 2.53. The molecule has 23 heavy (non-hydrogen) atoms. The topological polar surface area (TPSA) is 95.2 Å². The van der Waals surface area contributed by atoms with Gasteiger partial charge in [-0.3, -0.25) is 19.9 Å². The van der Waals surface area contributed by atoms with E-state index in [1.165, 1.54) is 31.3 Å². The lowest BCUT2D eigenvalue weighted by atomic mass is 10.1. The lowest BCUT2D eigenvalue weighted by Gasteiger charge is -2.09. The van der Waals surface area contributed by atoms with Crippen LogP contribution in [0.3, 0.4) is 0 Å². The van der Waals surface area contributed by atoms with Gasteiger partial charge in [0.15, 0.2) is 0 Å². The van der Waals surface area contributed by atoms with Gasteiger partial charge in [-0.25, -0.2) is 4.98 Å². The number of rotatable bonds is 3. The Morgan fingerprint density at radius 1 is 1.13 bits per heavy atom. The van der Waals surface area contributed by atoms with Crippen molar-refractivity contribution in [3.05, 3.63) is 58.8 Å². The van der Waals surface area contributed by atoms with Crippen LogP contribution in [0.4, 0.5) is 5.69 Å². The van der Waals surface area contributed by atoms with Crippen molar-refractivity contribution in [1.82, 2.24) is 9.97 Å². The summed E-state index contributed by atoms with van der Waals surface area (Å²) in [7, 11) is 0. The van der Waals surface area contributed by atoms with Gasteiger partial charge in [0.2, 0.25) is 0 Å². The van der Waals surface area contributed by atoms with E-state index in [0.29, 0.717) is 11.0 Å². The third kappa shape index (κ3) is 2.84. The maximum atomic E-state index is 11.3. The minimum Gasteiger partial charge on any atom is -0.426 e. The molecule has 3 rings (SSSR count). The van der Waals surface area contributed by atoms with Crippen molar-refractivity contribution in [2.24, 2.45) is 0 Å². The molecule has 2 aromatic carbocycles. The Labute approximate surface area is 130 Å². The smallest absolute Gasteiger partial charge is 0.308 e. The van der Waals surface area contributed by atoms with Crippen molar-refractivity contribution in [3.8, 4) is 17.0 Å². The van der Waals surface area contributed by atoms with Gasteiger partial charge in [0, 0.05) is 13.0 Å². The maximum Gasteiger partial charge on any atom is 0.308 e. The van der Waals surface area contributed by atoms with Crippen LogP contribution in [0.1, 0.15) is 6.92 Å². The molecule has 0 amide bonds. The van der Waals surface area contributed by atoms with Gasteiger partial charge in [0.25, 0.3) is 5.69 Å². The van der Waals surface area contributed by atoms with E-state index >= 15 is 0 Å². The van der Waals surface area contributed by atoms with Crippen LogP contribution in [0.15, 0.2) is 48.7 Å². The molecule has 0 fully saturated rings. The average molecular weight is 309 g/mol. The molecule has 7 nitrogen and oxygen atoms in total. The number of benzene rings is 2. The highest BCUT2D eigenvalue weighted by molar-refractivity contribution is 5.84. The van der Waals surface area contributed by atoms with Crippen molar-refractivity contribution in [2.75, 3.05) is 0 Å². The highest BCUT2D eigenvalue weighted by Gasteiger charge is 2.23. The van der Waals surface area contributed by atoms with Crippen LogP contribution in [0.2, 0.25) is 0 Å². The van der Waals surface area contributed by atoms with E-state index in [4.69, 9.17) is 4.74 Å². The first-order valence-corrected chi connectivity index (χ1v) is 6.74. The number of carbonyl (C=O) groups excluding carboxylic acids is 1. The molecule has 1 heterocycles. The first kappa shape index (κ1) is 14.6. The molecule has 0 N–H and O–H groups in total. The summed E-state index contributed by atoms with van der Waals surface area (Å²) in [5.41, 5.74) is 1.47. The number of ether oxygens (including phenoxy) is 1. The number of para-hydroxylation sites is 2. The normalized spacial score (nSPS) is 10.5. The summed E-state index contributed by atoms with van der Waals surface area (Å²) in [6.07, 6.45) is 1.43. The molecule has 0 unspecified atom stereocenters. The Kier molecular flexibility index (Phi) is 3.68. The SMILES string of the molecule is CC(=O)Oc1cccc([N+](=O)[O-])c1-c1cnc2ccccc2n1. The molecular weight excluding hydrogens is 298 g/mol. The van der Waals surface area contributed by atoms with Crippen molar-refractivity contribution in [1.29, 1.82) is 0 Å². The fraction of sp³-hybridized carbons (Fsp3) is 0.0625. The van der Waals surface area contributed by atoms with Gasteiger partial charge in [-0.1, -0.05) is 18.2 Å². The van der Waals surface area contributed by atoms with Crippen LogP contribution in [-0.2, 0) is 4.79 Å². The number of hydrogen-bond acceptors (Lipinski definition) is 6. The zero-order valence-corrected chi connectivity index (χ0v) is 12.1. The number of carbonyl (C=O) groups is 1. The van der Waals surface area contributed by atoms with Crippen molar-refractivity contribution < 1.29 is 14.5 Å². The molecule has 0 aliphatic carbocycles. The first-order valence-electron chi connectivity index (χ1n) is 6.74. The highest BCUT2D eigenvalue weighted by atomic mass is 16.6. The summed E-state index contributed by atoms with van der Waals surface area (Å²) in [5, 5.41) is 11.3. The van der Waals surface area contributed by atoms with Crippen molar-refractivity contribution in [2.45, 2.75) is 6.92 Å². The van der Waals surface area contributed by atoms with Crippen LogP contribution in [0.5, 0.6) is 5.75 Å². The fourth-order valence-electron chi connectivity index (χ4n) is 2.25. The van der Waals surface area contributed by atoms with Gasteiger partial charge in [-0.05, 0) is 18.2 Å². The molecule has 7 heteroatoms. The standard InChI is InChI=1S/C16H11N3O4/c1-10(20)23-15-8-4-7-14(19(21)22)16(15)13-9-17-11-5-2-3-6-12(11)18-13/h2-9H,1H3. The number of nitro groups is 1. The van der Waals surface area contributed by atoms with Crippen LogP contribution in [0.25, 0.3) is 22.3 Å². The van der Waals surface area contributed by atoms with Gasteiger partial charge >= 0.3 is 5.97 Å². The predicted octanol–water partition coefficient (Wildman–Crippen LogP) is 3.13. The molecule has 1 aromatic heterocycles. The zero-order valence-electron chi connectivity index (χ0n) is 12.1. The third-order valence-electron chi connectivity index (χ3n) is 3.16. The second-order valence-corrected chi connectivity index (χ2v) is 4.74. The van der Waals surface area contributed by atoms with E-state index in [9.17, 15) is 14.9 Å². The molecule has 0 saturated carbocycles. The van der Waals surface area contributed by atoms with E-state index in [2.05, 4.69) is 9.97 Å². The van der Waals surface area contributed by atoms with Gasteiger partial charge in [0.1, 0.15) is 11.3 Å². The summed E-state index contributed by atoms with van der Waals surface area (Å²) in [5.74, 6) is -0.489. The summed E-state index contributed by atoms with van der Waals surface area (Å²) in [6.45, 7) is 1.23. The van der Waals surface area contributed by atoms with Crippen LogP contribution < -0.4 is 4.74 Å². The fourth-order valence-corrected chi connectivity index (χ4v) is 2.25. The minimum atomic E-state index is -0.569. The number of esters is 1. The molecule has 0 bridgehead atoms. The number of hydrogen-bond donors (Lipinski definition) is 0. The van der Waals surface area contributed by atoms with E-state index in [1.54, 1.807) is 18.2 Å². The number of fused-ring (bicyclic) bond motifs is 1. The van der Waals surface area contributed by atoms with Crippen LogP contribution in [-0.4, -0.2) is 20.9 Å². The quantitative estimate of drug-likeness (QED) is 0.319. The molecule has 0 aliphatic rings. The van der Waals surface area contributed by atoms with E-state index in [-0.39, 0.29) is 22.7 Å². The largest absolute Gasteiger partial charge is 0.426 e. The van der Waals surface area contributed by atoms with Gasteiger partial charge in [-0.2, -0.15) is 0 Å². The molecular formula is C16H11N3O4. The Hall–Kier alpha value is -3.35. The monoisotopic (exact) mass is 309 g/mol. The lowest BCUT2D eigenvalue weighted by Crippen LogP contribution is -2.05. The Morgan fingerprint density at radius 3 is 2.57 bits per heavy atom. The summed E-state index contributed by atoms with van der Waals surface area (Å²) >= 11 is 0. The van der Waals surface area contributed by atoms with Crippen molar-refractivity contribution in [3.63, 3.8) is 0 Å². The number of nitrogens with zero attached hydrogens (tertiary/aromatic N) is 3. The van der Waals surface area contributed by atoms with E-state index in [1.807, 2.05) is 6.07 Å². The molecule has 0 atom stereocenters. The van der Waals surface area contributed by atoms with E-state index in [0.717, 1.165) is 0 Å². The summed E-state index contributed by atoms with van der Waals surface area (Å²) < 4.78 is 5.09. The second-order valence-electron chi connectivity index (χ2n) is 4.74. The highest BCUT2D eigenvalue weighted by Crippen LogP contribution is 2.37. The summed E-state index contributed by atoms with van der Waals surface area (Å²) in [6, 6.07) is 11.4. The molecule has 0 radical (unpaired) electrons.